The van der Waals surface area contributed by atoms with Gasteiger partial charge >= 0.3 is 0 Å². The number of oxazole rings is 1. The molecule has 20 heavy (non-hydrogen) atoms. The van der Waals surface area contributed by atoms with Crippen molar-refractivity contribution in [3.8, 4) is 0 Å². The summed E-state index contributed by atoms with van der Waals surface area (Å²) in [6, 6.07) is 0. The number of rotatable bonds is 5. The van der Waals surface area contributed by atoms with Gasteiger partial charge in [-0.25, -0.2) is 4.98 Å². The summed E-state index contributed by atoms with van der Waals surface area (Å²) >= 11 is 0. The Hall–Kier alpha value is -0.830. The van der Waals surface area contributed by atoms with Crippen LogP contribution in [-0.4, -0.2) is 17.1 Å². The van der Waals surface area contributed by atoms with Crippen molar-refractivity contribution in [2.45, 2.75) is 70.8 Å². The first-order valence-electron chi connectivity index (χ1n) is 8.21. The smallest absolute Gasteiger partial charge is 0.194 e. The molecule has 2 fully saturated rings. The van der Waals surface area contributed by atoms with Gasteiger partial charge in [-0.15, -0.1) is 0 Å². The predicted molar refractivity (Wildman–Crippen MR) is 80.8 cm³/mol. The topological polar surface area (TPSA) is 38.1 Å². The van der Waals surface area contributed by atoms with E-state index < -0.39 is 0 Å². The molecule has 2 aliphatic rings. The molecule has 3 nitrogen and oxygen atoms in total. The lowest BCUT2D eigenvalue weighted by Crippen LogP contribution is -2.36. The van der Waals surface area contributed by atoms with Crippen LogP contribution in [0.15, 0.2) is 10.6 Å². The maximum absolute atomic E-state index is 6.01. The maximum atomic E-state index is 6.01. The number of hydrogen-bond acceptors (Lipinski definition) is 3. The molecule has 3 atom stereocenters. The first-order valence-corrected chi connectivity index (χ1v) is 8.21. The van der Waals surface area contributed by atoms with E-state index in [2.05, 4.69) is 31.1 Å². The highest BCUT2D eigenvalue weighted by Crippen LogP contribution is 2.52. The fourth-order valence-electron chi connectivity index (χ4n) is 3.91. The summed E-state index contributed by atoms with van der Waals surface area (Å²) in [7, 11) is 0. The molecule has 2 aliphatic carbocycles. The van der Waals surface area contributed by atoms with Crippen molar-refractivity contribution < 1.29 is 4.42 Å². The molecule has 3 rings (SSSR count). The quantitative estimate of drug-likeness (QED) is 0.829. The molecule has 0 saturated heterocycles. The minimum atomic E-state index is 0.199. The molecule has 0 aliphatic heterocycles. The largest absolute Gasteiger partial charge is 0.445 e. The lowest BCUT2D eigenvalue weighted by molar-refractivity contribution is 0.341. The van der Waals surface area contributed by atoms with Crippen molar-refractivity contribution in [3.63, 3.8) is 0 Å². The summed E-state index contributed by atoms with van der Waals surface area (Å²) in [6.45, 7) is 7.62. The van der Waals surface area contributed by atoms with Crippen LogP contribution in [-0.2, 0) is 6.42 Å². The molecule has 0 aromatic carbocycles. The summed E-state index contributed by atoms with van der Waals surface area (Å²) in [6.07, 6.45) is 9.65. The van der Waals surface area contributed by atoms with Crippen LogP contribution in [0.2, 0.25) is 0 Å². The highest BCUT2D eigenvalue weighted by atomic mass is 16.4. The van der Waals surface area contributed by atoms with Crippen molar-refractivity contribution in [3.05, 3.63) is 17.8 Å². The van der Waals surface area contributed by atoms with Gasteiger partial charge in [-0.1, -0.05) is 6.42 Å². The van der Waals surface area contributed by atoms with Crippen molar-refractivity contribution >= 4 is 0 Å². The highest BCUT2D eigenvalue weighted by molar-refractivity contribution is 5.10. The van der Waals surface area contributed by atoms with Gasteiger partial charge in [-0.2, -0.15) is 0 Å². The van der Waals surface area contributed by atoms with Crippen molar-refractivity contribution in [2.75, 3.05) is 6.54 Å². The second-order valence-electron chi connectivity index (χ2n) is 7.72. The highest BCUT2D eigenvalue weighted by Gasteiger charge is 2.41. The molecular formula is C17H28N2O. The van der Waals surface area contributed by atoms with Crippen LogP contribution < -0.4 is 5.32 Å². The maximum Gasteiger partial charge on any atom is 0.194 e. The van der Waals surface area contributed by atoms with E-state index in [4.69, 9.17) is 4.42 Å². The molecule has 0 spiro atoms. The Balaban J connectivity index is 1.48. The summed E-state index contributed by atoms with van der Waals surface area (Å²) in [5, 5.41) is 3.51. The fourth-order valence-corrected chi connectivity index (χ4v) is 3.91. The molecule has 2 saturated carbocycles. The van der Waals surface area contributed by atoms with E-state index in [9.17, 15) is 0 Å². The SMILES string of the molecule is CC(C)(C)NCCCc1ncc(C2CC3CCC2C3)o1. The summed E-state index contributed by atoms with van der Waals surface area (Å²) < 4.78 is 6.01. The molecule has 0 amide bonds. The number of fused-ring (bicyclic) bond motifs is 2. The normalized spacial score (nSPS) is 29.2. The van der Waals surface area contributed by atoms with Gasteiger partial charge in [0.25, 0.3) is 0 Å². The molecule has 1 heterocycles. The molecule has 1 aromatic rings. The predicted octanol–water partition coefficient (Wildman–Crippen LogP) is 3.90. The number of hydrogen-bond donors (Lipinski definition) is 1. The molecule has 1 N–H and O–H groups in total. The second-order valence-corrected chi connectivity index (χ2v) is 7.72. The molecule has 1 aromatic heterocycles. The molecular weight excluding hydrogens is 248 g/mol. The Morgan fingerprint density at radius 3 is 2.80 bits per heavy atom. The average Bonchev–Trinajstić information content (AvgIpc) is 3.08. The molecule has 3 heteroatoms. The van der Waals surface area contributed by atoms with Crippen LogP contribution in [0.1, 0.15) is 70.4 Å². The molecule has 0 radical (unpaired) electrons. The fraction of sp³-hybridized carbons (Fsp3) is 0.824. The lowest BCUT2D eigenvalue weighted by Gasteiger charge is -2.20. The summed E-state index contributed by atoms with van der Waals surface area (Å²) in [5.74, 6) is 4.61. The Morgan fingerprint density at radius 1 is 1.30 bits per heavy atom. The Labute approximate surface area is 122 Å². The van der Waals surface area contributed by atoms with Gasteiger partial charge in [0.2, 0.25) is 0 Å². The zero-order valence-electron chi connectivity index (χ0n) is 13.1. The van der Waals surface area contributed by atoms with E-state index in [-0.39, 0.29) is 5.54 Å². The van der Waals surface area contributed by atoms with Crippen molar-refractivity contribution in [1.82, 2.24) is 10.3 Å². The van der Waals surface area contributed by atoms with Crippen molar-refractivity contribution in [2.24, 2.45) is 11.8 Å². The van der Waals surface area contributed by atoms with Crippen LogP contribution in [0.25, 0.3) is 0 Å². The van der Waals surface area contributed by atoms with Crippen LogP contribution in [0, 0.1) is 11.8 Å². The van der Waals surface area contributed by atoms with Gasteiger partial charge < -0.3 is 9.73 Å². The van der Waals surface area contributed by atoms with E-state index in [1.165, 1.54) is 25.7 Å². The minimum Gasteiger partial charge on any atom is -0.445 e. The molecule has 112 valence electrons. The molecule has 3 unspecified atom stereocenters. The minimum absolute atomic E-state index is 0.199. The van der Waals surface area contributed by atoms with Gasteiger partial charge in [-0.3, -0.25) is 0 Å². The Bertz CT molecular complexity index is 446. The van der Waals surface area contributed by atoms with E-state index in [1.807, 2.05) is 6.20 Å². The standard InChI is InChI=1S/C17H28N2O/c1-17(2,3)19-8-4-5-16-18-11-15(20-16)14-10-12-6-7-13(14)9-12/h11-14,19H,4-10H2,1-3H3. The first kappa shape index (κ1) is 14.1. The number of aryl methyl sites for hydroxylation is 1. The van der Waals surface area contributed by atoms with Crippen LogP contribution in [0.4, 0.5) is 0 Å². The zero-order chi connectivity index (χ0) is 14.2. The van der Waals surface area contributed by atoms with E-state index >= 15 is 0 Å². The van der Waals surface area contributed by atoms with Crippen LogP contribution in [0.5, 0.6) is 0 Å². The Kier molecular flexibility index (Phi) is 3.89. The van der Waals surface area contributed by atoms with E-state index in [0.29, 0.717) is 5.92 Å². The van der Waals surface area contributed by atoms with Gasteiger partial charge in [0.1, 0.15) is 5.76 Å². The van der Waals surface area contributed by atoms with E-state index in [1.54, 1.807) is 0 Å². The third-order valence-corrected chi connectivity index (χ3v) is 4.90. The lowest BCUT2D eigenvalue weighted by atomic mass is 9.87. The van der Waals surface area contributed by atoms with Gasteiger partial charge in [0, 0.05) is 17.9 Å². The third-order valence-electron chi connectivity index (χ3n) is 4.90. The van der Waals surface area contributed by atoms with Gasteiger partial charge in [-0.05, 0) is 64.8 Å². The number of nitrogens with one attached hydrogen (secondary N) is 1. The van der Waals surface area contributed by atoms with Crippen LogP contribution in [0.3, 0.4) is 0 Å². The average molecular weight is 276 g/mol. The third kappa shape index (κ3) is 3.25. The second kappa shape index (κ2) is 5.51. The van der Waals surface area contributed by atoms with Crippen LogP contribution >= 0.6 is 0 Å². The monoisotopic (exact) mass is 276 g/mol. The van der Waals surface area contributed by atoms with Gasteiger partial charge in [0.15, 0.2) is 5.89 Å². The summed E-state index contributed by atoms with van der Waals surface area (Å²) in [5.41, 5.74) is 0.199. The number of aromatic nitrogens is 1. The number of nitrogens with zero attached hydrogens (tertiary/aromatic N) is 1. The molecule has 2 bridgehead atoms. The Morgan fingerprint density at radius 2 is 2.15 bits per heavy atom. The van der Waals surface area contributed by atoms with Gasteiger partial charge in [0.05, 0.1) is 6.20 Å². The summed E-state index contributed by atoms with van der Waals surface area (Å²) in [4.78, 5) is 4.48. The van der Waals surface area contributed by atoms with E-state index in [0.717, 1.165) is 42.9 Å². The first-order chi connectivity index (χ1) is 9.51. The van der Waals surface area contributed by atoms with Crippen molar-refractivity contribution in [1.29, 1.82) is 0 Å². The zero-order valence-corrected chi connectivity index (χ0v) is 13.1.